The molecule has 1 aliphatic rings. The maximum Gasteiger partial charge on any atom is 0.223 e. The summed E-state index contributed by atoms with van der Waals surface area (Å²) in [5.74, 6) is 1.72. The van der Waals surface area contributed by atoms with Crippen LogP contribution in [-0.2, 0) is 24.5 Å². The number of nitrogens with zero attached hydrogens (tertiary/aromatic N) is 2. The van der Waals surface area contributed by atoms with Crippen LogP contribution in [0, 0.1) is 0 Å². The SMILES string of the molecule is CC.CCCCCCCCCC(=O)N(Cc1ccc(OCc2ccccc2)c(OC)c1)C1CCN(Cc2ccccc2)CC1. The molecule has 0 N–H and O–H groups in total. The molecule has 4 rings (SSSR count). The normalized spacial score (nSPS) is 13.5. The first-order valence-corrected chi connectivity index (χ1v) is 17.1. The fourth-order valence-corrected chi connectivity index (χ4v) is 5.89. The molecular formula is C39H56N2O3. The average Bonchev–Trinajstić information content (AvgIpc) is 3.08. The van der Waals surface area contributed by atoms with Crippen molar-refractivity contribution >= 4 is 5.91 Å². The third kappa shape index (κ3) is 12.0. The molecule has 1 saturated heterocycles. The summed E-state index contributed by atoms with van der Waals surface area (Å²) in [6.07, 6.45) is 11.2. The molecule has 1 fully saturated rings. The van der Waals surface area contributed by atoms with Crippen LogP contribution in [0.2, 0.25) is 0 Å². The van der Waals surface area contributed by atoms with E-state index in [2.05, 4.69) is 65.3 Å². The molecule has 0 atom stereocenters. The molecule has 0 spiro atoms. The summed E-state index contributed by atoms with van der Waals surface area (Å²) in [6.45, 7) is 10.3. The molecule has 5 nitrogen and oxygen atoms in total. The largest absolute Gasteiger partial charge is 0.493 e. The number of hydrogen-bond acceptors (Lipinski definition) is 4. The number of piperidine rings is 1. The van der Waals surface area contributed by atoms with Crippen molar-refractivity contribution in [2.24, 2.45) is 0 Å². The number of carbonyl (C=O) groups is 1. The van der Waals surface area contributed by atoms with Crippen molar-refractivity contribution in [3.05, 3.63) is 95.6 Å². The van der Waals surface area contributed by atoms with Crippen LogP contribution in [0.3, 0.4) is 0 Å². The minimum absolute atomic E-state index is 0.258. The van der Waals surface area contributed by atoms with Gasteiger partial charge in [0.15, 0.2) is 11.5 Å². The van der Waals surface area contributed by atoms with Gasteiger partial charge in [-0.2, -0.15) is 0 Å². The van der Waals surface area contributed by atoms with Crippen LogP contribution in [0.5, 0.6) is 11.5 Å². The lowest BCUT2D eigenvalue weighted by Crippen LogP contribution is -2.46. The molecule has 44 heavy (non-hydrogen) atoms. The zero-order valence-corrected chi connectivity index (χ0v) is 27.8. The number of benzene rings is 3. The van der Waals surface area contributed by atoms with Crippen LogP contribution >= 0.6 is 0 Å². The number of likely N-dealkylation sites (tertiary alicyclic amines) is 1. The molecule has 1 heterocycles. The second kappa shape index (κ2) is 20.6. The quantitative estimate of drug-likeness (QED) is 0.145. The van der Waals surface area contributed by atoms with Gasteiger partial charge in [-0.15, -0.1) is 0 Å². The molecule has 0 aliphatic carbocycles. The van der Waals surface area contributed by atoms with E-state index in [4.69, 9.17) is 9.47 Å². The summed E-state index contributed by atoms with van der Waals surface area (Å²) in [4.78, 5) is 18.4. The van der Waals surface area contributed by atoms with Gasteiger partial charge in [0.1, 0.15) is 6.61 Å². The molecular weight excluding hydrogens is 544 g/mol. The Morgan fingerprint density at radius 3 is 2.02 bits per heavy atom. The Labute approximate surface area is 267 Å². The fourth-order valence-electron chi connectivity index (χ4n) is 5.89. The van der Waals surface area contributed by atoms with E-state index in [0.29, 0.717) is 25.3 Å². The zero-order valence-electron chi connectivity index (χ0n) is 27.8. The Bertz CT molecular complexity index is 1180. The minimum Gasteiger partial charge on any atom is -0.493 e. The number of amides is 1. The highest BCUT2D eigenvalue weighted by Gasteiger charge is 2.28. The lowest BCUT2D eigenvalue weighted by atomic mass is 10.00. The molecule has 3 aromatic rings. The van der Waals surface area contributed by atoms with Gasteiger partial charge in [-0.25, -0.2) is 0 Å². The highest BCUT2D eigenvalue weighted by molar-refractivity contribution is 5.76. The van der Waals surface area contributed by atoms with Crippen molar-refractivity contribution in [3.63, 3.8) is 0 Å². The van der Waals surface area contributed by atoms with Crippen molar-refractivity contribution in [1.29, 1.82) is 0 Å². The lowest BCUT2D eigenvalue weighted by molar-refractivity contribution is -0.135. The van der Waals surface area contributed by atoms with Crippen molar-refractivity contribution in [2.75, 3.05) is 20.2 Å². The van der Waals surface area contributed by atoms with Crippen molar-refractivity contribution in [1.82, 2.24) is 9.80 Å². The predicted molar refractivity (Wildman–Crippen MR) is 183 cm³/mol. The van der Waals surface area contributed by atoms with Crippen LogP contribution in [0.1, 0.15) is 102 Å². The van der Waals surface area contributed by atoms with E-state index in [1.807, 2.05) is 44.2 Å². The predicted octanol–water partition coefficient (Wildman–Crippen LogP) is 9.43. The van der Waals surface area contributed by atoms with E-state index < -0.39 is 0 Å². The minimum atomic E-state index is 0.258. The monoisotopic (exact) mass is 600 g/mol. The maximum atomic E-state index is 13.7. The Balaban J connectivity index is 0.00000259. The Hall–Kier alpha value is -3.31. The summed E-state index contributed by atoms with van der Waals surface area (Å²) in [5, 5.41) is 0. The highest BCUT2D eigenvalue weighted by atomic mass is 16.5. The Morgan fingerprint density at radius 2 is 1.39 bits per heavy atom. The molecule has 1 aliphatic heterocycles. The molecule has 240 valence electrons. The van der Waals surface area contributed by atoms with Gasteiger partial charge in [-0.3, -0.25) is 9.69 Å². The highest BCUT2D eigenvalue weighted by Crippen LogP contribution is 2.31. The van der Waals surface area contributed by atoms with Crippen molar-refractivity contribution in [2.45, 2.75) is 111 Å². The van der Waals surface area contributed by atoms with Gasteiger partial charge in [-0.1, -0.05) is 126 Å². The summed E-state index contributed by atoms with van der Waals surface area (Å²) in [7, 11) is 1.68. The van der Waals surface area contributed by atoms with Gasteiger partial charge >= 0.3 is 0 Å². The van der Waals surface area contributed by atoms with Gasteiger partial charge in [0.2, 0.25) is 5.91 Å². The first-order chi connectivity index (χ1) is 21.7. The second-order valence-electron chi connectivity index (χ2n) is 11.6. The second-order valence-corrected chi connectivity index (χ2v) is 11.6. The summed E-state index contributed by atoms with van der Waals surface area (Å²) in [5.41, 5.74) is 3.55. The molecule has 0 saturated carbocycles. The number of hydrogen-bond donors (Lipinski definition) is 0. The van der Waals surface area contributed by atoms with E-state index in [-0.39, 0.29) is 11.9 Å². The van der Waals surface area contributed by atoms with Crippen LogP contribution in [0.25, 0.3) is 0 Å². The van der Waals surface area contributed by atoms with Crippen LogP contribution in [0.15, 0.2) is 78.9 Å². The number of rotatable bonds is 17. The average molecular weight is 601 g/mol. The van der Waals surface area contributed by atoms with E-state index in [1.165, 1.54) is 37.7 Å². The smallest absolute Gasteiger partial charge is 0.223 e. The number of ether oxygens (including phenoxy) is 2. The summed E-state index contributed by atoms with van der Waals surface area (Å²) < 4.78 is 11.8. The van der Waals surface area contributed by atoms with E-state index >= 15 is 0 Å². The first-order valence-electron chi connectivity index (χ1n) is 17.1. The molecule has 3 aromatic carbocycles. The third-order valence-corrected chi connectivity index (χ3v) is 8.38. The number of unbranched alkanes of at least 4 members (excludes halogenated alkanes) is 6. The van der Waals surface area contributed by atoms with Gasteiger partial charge in [0.05, 0.1) is 7.11 Å². The molecule has 1 amide bonds. The molecule has 0 radical (unpaired) electrons. The van der Waals surface area contributed by atoms with Crippen LogP contribution in [0.4, 0.5) is 0 Å². The fraction of sp³-hybridized carbons (Fsp3) is 0.513. The molecule has 0 unspecified atom stereocenters. The summed E-state index contributed by atoms with van der Waals surface area (Å²) in [6, 6.07) is 27.2. The maximum absolute atomic E-state index is 13.7. The van der Waals surface area contributed by atoms with Crippen LogP contribution < -0.4 is 9.47 Å². The van der Waals surface area contributed by atoms with Gasteiger partial charge in [-0.05, 0) is 48.1 Å². The number of methoxy groups -OCH3 is 1. The lowest BCUT2D eigenvalue weighted by Gasteiger charge is -2.39. The van der Waals surface area contributed by atoms with E-state index in [9.17, 15) is 4.79 Å². The Kier molecular flexibility index (Phi) is 16.5. The number of carbonyl (C=O) groups excluding carboxylic acids is 1. The van der Waals surface area contributed by atoms with Crippen LogP contribution in [-0.4, -0.2) is 41.9 Å². The Morgan fingerprint density at radius 1 is 0.773 bits per heavy atom. The first kappa shape index (κ1) is 35.2. The molecule has 0 aromatic heterocycles. The van der Waals surface area contributed by atoms with Gasteiger partial charge in [0, 0.05) is 38.6 Å². The van der Waals surface area contributed by atoms with Crippen molar-refractivity contribution in [3.8, 4) is 11.5 Å². The van der Waals surface area contributed by atoms with E-state index in [0.717, 1.165) is 62.2 Å². The van der Waals surface area contributed by atoms with Gasteiger partial charge < -0.3 is 14.4 Å². The van der Waals surface area contributed by atoms with Crippen molar-refractivity contribution < 1.29 is 14.3 Å². The molecule has 5 heteroatoms. The summed E-state index contributed by atoms with van der Waals surface area (Å²) >= 11 is 0. The molecule has 0 bridgehead atoms. The topological polar surface area (TPSA) is 42.0 Å². The standard InChI is InChI=1S/C37H50N2O3.C2H6/c1-3-4-5-6-7-8-15-20-37(40)39(34-23-25-38(26-24-34)28-31-16-11-9-12-17-31)29-33-21-22-35(36(27-33)41-2)42-30-32-18-13-10-14-19-32;1-2/h9-14,16-19,21-22,27,34H,3-8,15,20,23-26,28-30H2,1-2H3;1-2H3. The van der Waals surface area contributed by atoms with E-state index in [1.54, 1.807) is 7.11 Å². The third-order valence-electron chi connectivity index (χ3n) is 8.38. The zero-order chi connectivity index (χ0) is 31.4. The van der Waals surface area contributed by atoms with Gasteiger partial charge in [0.25, 0.3) is 0 Å².